The molecule has 2 amide bonds. The molecule has 6 nitrogen and oxygen atoms in total. The first-order valence-electron chi connectivity index (χ1n) is 7.10. The highest BCUT2D eigenvalue weighted by molar-refractivity contribution is 5.99. The Morgan fingerprint density at radius 3 is 3.00 bits per heavy atom. The number of aromatic nitrogens is 2. The van der Waals surface area contributed by atoms with E-state index in [0.29, 0.717) is 30.2 Å². The maximum Gasteiger partial charge on any atom is 0.271 e. The fraction of sp³-hybridized carbons (Fsp3) is 0.400. The average Bonchev–Trinajstić information content (AvgIpc) is 2.90. The van der Waals surface area contributed by atoms with Gasteiger partial charge in [-0.25, -0.2) is 4.98 Å². The van der Waals surface area contributed by atoms with Crippen molar-refractivity contribution < 1.29 is 9.59 Å². The minimum Gasteiger partial charge on any atom is -0.368 e. The topological polar surface area (TPSA) is 92.1 Å². The van der Waals surface area contributed by atoms with Crippen molar-refractivity contribution in [2.24, 2.45) is 11.7 Å². The van der Waals surface area contributed by atoms with Crippen LogP contribution in [0, 0.1) is 5.92 Å². The summed E-state index contributed by atoms with van der Waals surface area (Å²) in [5.41, 5.74) is 6.57. The normalized spacial score (nSPS) is 22.4. The second kappa shape index (κ2) is 5.20. The SMILES string of the molecule is CC1CCN(C(=O)c2cc3cccnc3[nH]2)C(C(N)=O)C1. The first-order chi connectivity index (χ1) is 10.1. The van der Waals surface area contributed by atoms with Gasteiger partial charge in [0.1, 0.15) is 17.4 Å². The number of fused-ring (bicyclic) bond motifs is 1. The van der Waals surface area contributed by atoms with Crippen molar-refractivity contribution in [3.05, 3.63) is 30.1 Å². The number of pyridine rings is 1. The molecule has 0 radical (unpaired) electrons. The van der Waals surface area contributed by atoms with Gasteiger partial charge in [0.2, 0.25) is 5.91 Å². The number of aromatic amines is 1. The standard InChI is InChI=1S/C15H18N4O2/c1-9-4-6-19(12(7-9)13(16)20)15(21)11-8-10-3-2-5-17-14(10)18-11/h2-3,5,8-9,12H,4,6-7H2,1H3,(H2,16,20)(H,17,18). The Morgan fingerprint density at radius 2 is 2.29 bits per heavy atom. The lowest BCUT2D eigenvalue weighted by atomic mass is 9.92. The number of hydrogen-bond donors (Lipinski definition) is 2. The highest BCUT2D eigenvalue weighted by atomic mass is 16.2. The molecule has 6 heteroatoms. The van der Waals surface area contributed by atoms with Gasteiger partial charge < -0.3 is 15.6 Å². The summed E-state index contributed by atoms with van der Waals surface area (Å²) in [6.45, 7) is 2.63. The van der Waals surface area contributed by atoms with Crippen LogP contribution in [0.15, 0.2) is 24.4 Å². The van der Waals surface area contributed by atoms with Crippen molar-refractivity contribution in [2.45, 2.75) is 25.8 Å². The van der Waals surface area contributed by atoms with E-state index in [4.69, 9.17) is 5.73 Å². The summed E-state index contributed by atoms with van der Waals surface area (Å²) in [5, 5.41) is 0.877. The maximum absolute atomic E-state index is 12.7. The minimum absolute atomic E-state index is 0.191. The van der Waals surface area contributed by atoms with Crippen LogP contribution < -0.4 is 5.73 Å². The third-order valence-corrected chi connectivity index (χ3v) is 4.08. The average molecular weight is 286 g/mol. The molecule has 1 aliphatic rings. The van der Waals surface area contributed by atoms with Gasteiger partial charge in [-0.3, -0.25) is 9.59 Å². The van der Waals surface area contributed by atoms with Crippen LogP contribution in [-0.4, -0.2) is 39.3 Å². The number of primary amides is 1. The van der Waals surface area contributed by atoms with Crippen molar-refractivity contribution in [1.29, 1.82) is 0 Å². The largest absolute Gasteiger partial charge is 0.368 e. The van der Waals surface area contributed by atoms with Crippen LogP contribution in [-0.2, 0) is 4.79 Å². The van der Waals surface area contributed by atoms with Crippen LogP contribution in [0.5, 0.6) is 0 Å². The van der Waals surface area contributed by atoms with Crippen LogP contribution >= 0.6 is 0 Å². The van der Waals surface area contributed by atoms with Crippen LogP contribution in [0.3, 0.4) is 0 Å². The number of hydrogen-bond acceptors (Lipinski definition) is 3. The highest BCUT2D eigenvalue weighted by Gasteiger charge is 2.34. The smallest absolute Gasteiger partial charge is 0.271 e. The Balaban J connectivity index is 1.90. The first kappa shape index (κ1) is 13.6. The van der Waals surface area contributed by atoms with Crippen LogP contribution in [0.1, 0.15) is 30.3 Å². The van der Waals surface area contributed by atoms with E-state index in [9.17, 15) is 9.59 Å². The van der Waals surface area contributed by atoms with E-state index in [2.05, 4.69) is 16.9 Å². The fourth-order valence-corrected chi connectivity index (χ4v) is 2.88. The zero-order valence-corrected chi connectivity index (χ0v) is 11.9. The predicted octanol–water partition coefficient (Wildman–Crippen LogP) is 1.29. The molecule has 2 aromatic rings. The highest BCUT2D eigenvalue weighted by Crippen LogP contribution is 2.24. The molecule has 110 valence electrons. The number of piperidine rings is 1. The summed E-state index contributed by atoms with van der Waals surface area (Å²) in [6.07, 6.45) is 3.18. The summed E-state index contributed by atoms with van der Waals surface area (Å²) >= 11 is 0. The predicted molar refractivity (Wildman–Crippen MR) is 78.5 cm³/mol. The van der Waals surface area contributed by atoms with Gasteiger partial charge in [0, 0.05) is 18.1 Å². The molecule has 3 heterocycles. The molecular weight excluding hydrogens is 268 g/mol. The summed E-state index contributed by atoms with van der Waals surface area (Å²) in [7, 11) is 0. The quantitative estimate of drug-likeness (QED) is 0.871. The molecule has 2 aromatic heterocycles. The van der Waals surface area contributed by atoms with E-state index in [1.54, 1.807) is 17.2 Å². The molecule has 1 aliphatic heterocycles. The molecule has 0 aromatic carbocycles. The van der Waals surface area contributed by atoms with Gasteiger partial charge >= 0.3 is 0 Å². The third kappa shape index (κ3) is 2.49. The molecule has 21 heavy (non-hydrogen) atoms. The van der Waals surface area contributed by atoms with E-state index in [1.165, 1.54) is 0 Å². The van der Waals surface area contributed by atoms with Crippen LogP contribution in [0.2, 0.25) is 0 Å². The van der Waals surface area contributed by atoms with Crippen LogP contribution in [0.25, 0.3) is 11.0 Å². The number of nitrogens with zero attached hydrogens (tertiary/aromatic N) is 2. The van der Waals surface area contributed by atoms with Crippen LogP contribution in [0.4, 0.5) is 0 Å². The lowest BCUT2D eigenvalue weighted by molar-refractivity contribution is -0.124. The second-order valence-electron chi connectivity index (χ2n) is 5.67. The molecule has 3 N–H and O–H groups in total. The van der Waals surface area contributed by atoms with E-state index in [1.807, 2.05) is 12.1 Å². The second-order valence-corrected chi connectivity index (χ2v) is 5.67. The molecule has 0 aliphatic carbocycles. The molecule has 1 fully saturated rings. The number of nitrogens with one attached hydrogen (secondary N) is 1. The summed E-state index contributed by atoms with van der Waals surface area (Å²) < 4.78 is 0. The monoisotopic (exact) mass is 286 g/mol. The number of likely N-dealkylation sites (tertiary alicyclic amines) is 1. The zero-order chi connectivity index (χ0) is 15.0. The number of carbonyl (C=O) groups is 2. The number of H-pyrrole nitrogens is 1. The first-order valence-corrected chi connectivity index (χ1v) is 7.10. The van der Waals surface area contributed by atoms with E-state index in [-0.39, 0.29) is 5.91 Å². The molecule has 3 rings (SSSR count). The molecule has 2 unspecified atom stereocenters. The van der Waals surface area contributed by atoms with Crippen molar-refractivity contribution in [3.8, 4) is 0 Å². The van der Waals surface area contributed by atoms with Crippen molar-refractivity contribution in [2.75, 3.05) is 6.54 Å². The van der Waals surface area contributed by atoms with Crippen molar-refractivity contribution in [3.63, 3.8) is 0 Å². The van der Waals surface area contributed by atoms with Gasteiger partial charge in [-0.05, 0) is 37.0 Å². The molecule has 1 saturated heterocycles. The van der Waals surface area contributed by atoms with Gasteiger partial charge in [-0.1, -0.05) is 6.92 Å². The lowest BCUT2D eigenvalue weighted by Crippen LogP contribution is -2.52. The number of nitrogens with two attached hydrogens (primary N) is 1. The summed E-state index contributed by atoms with van der Waals surface area (Å²) in [6, 6.07) is 4.94. The van der Waals surface area contributed by atoms with E-state index >= 15 is 0 Å². The fourth-order valence-electron chi connectivity index (χ4n) is 2.88. The van der Waals surface area contributed by atoms with Gasteiger partial charge in [-0.15, -0.1) is 0 Å². The van der Waals surface area contributed by atoms with Gasteiger partial charge in [-0.2, -0.15) is 0 Å². The van der Waals surface area contributed by atoms with Gasteiger partial charge in [0.25, 0.3) is 5.91 Å². The van der Waals surface area contributed by atoms with E-state index < -0.39 is 11.9 Å². The Labute approximate surface area is 122 Å². The minimum atomic E-state index is -0.527. The summed E-state index contributed by atoms with van der Waals surface area (Å²) in [5.74, 6) is -0.233. The number of rotatable bonds is 2. The Bertz CT molecular complexity index is 661. The summed E-state index contributed by atoms with van der Waals surface area (Å²) in [4.78, 5) is 33.0. The van der Waals surface area contributed by atoms with Gasteiger partial charge in [0.15, 0.2) is 0 Å². The zero-order valence-electron chi connectivity index (χ0n) is 11.9. The van der Waals surface area contributed by atoms with Crippen molar-refractivity contribution >= 4 is 22.8 Å². The molecule has 0 bridgehead atoms. The third-order valence-electron chi connectivity index (χ3n) is 4.08. The maximum atomic E-state index is 12.7. The van der Waals surface area contributed by atoms with Gasteiger partial charge in [0.05, 0.1) is 0 Å². The Morgan fingerprint density at radius 1 is 1.48 bits per heavy atom. The number of amides is 2. The number of carbonyl (C=O) groups excluding carboxylic acids is 2. The van der Waals surface area contributed by atoms with Crippen molar-refractivity contribution in [1.82, 2.24) is 14.9 Å². The molecule has 0 spiro atoms. The Kier molecular flexibility index (Phi) is 3.37. The molecule has 0 saturated carbocycles. The molecular formula is C15H18N4O2. The lowest BCUT2D eigenvalue weighted by Gasteiger charge is -2.36. The van der Waals surface area contributed by atoms with E-state index in [0.717, 1.165) is 11.8 Å². The Hall–Kier alpha value is -2.37. The molecule has 2 atom stereocenters.